The van der Waals surface area contributed by atoms with E-state index in [1.807, 2.05) is 18.2 Å². The molecule has 0 N–H and O–H groups in total. The van der Waals surface area contributed by atoms with E-state index in [0.29, 0.717) is 38.9 Å². The third kappa shape index (κ3) is 3.08. The zero-order valence-electron chi connectivity index (χ0n) is 42.3. The minimum atomic E-state index is -3.68. The second-order valence-corrected chi connectivity index (χ2v) is 11.4. The molecule has 0 amide bonds. The van der Waals surface area contributed by atoms with Gasteiger partial charge in [0, 0.05) is 24.8 Å². The second-order valence-electron chi connectivity index (χ2n) is 11.4. The molecule has 0 aromatic heterocycles. The molecule has 1 unspecified atom stereocenters. The monoisotopic (exact) mass is 593 g/mol. The van der Waals surface area contributed by atoms with Crippen LogP contribution in [0.5, 0.6) is 11.5 Å². The highest BCUT2D eigenvalue weighted by atomic mass is 16.5. The van der Waals surface area contributed by atoms with Gasteiger partial charge in [0.1, 0.15) is 11.5 Å². The van der Waals surface area contributed by atoms with Crippen molar-refractivity contribution in [1.29, 1.82) is 0 Å². The maximum Gasteiger partial charge on any atom is 0.131 e. The van der Waals surface area contributed by atoms with Crippen molar-refractivity contribution in [3.8, 4) is 44.9 Å². The smallest absolute Gasteiger partial charge is 0.131 e. The first-order valence-electron chi connectivity index (χ1n) is 23.8. The molecule has 3 aliphatic rings. The molecule has 7 aromatic carbocycles. The van der Waals surface area contributed by atoms with Gasteiger partial charge in [-0.15, -0.1) is 0 Å². The molecular formula is C44H30O. The standard InChI is InChI=1S/C44H30O/c1-43(2)36-17-9-10-18-40(36)45-41-24-21-29(26-39(41)43)28-19-22-32-31-13-5-7-15-34(31)44(38(32)25-28)35-16-8-6-14-33(35)42-30-12-4-3-11-27(30)20-23-37(42)44/h3-26H,1-2H3/i1D3,2D3,3D,4D,9D,10D,11D,12D,17D,18D,20D,21D,23D,24D,26D. The maximum atomic E-state index is 9.77. The van der Waals surface area contributed by atoms with Crippen molar-refractivity contribution < 1.29 is 30.8 Å². The molecule has 212 valence electrons. The summed E-state index contributed by atoms with van der Waals surface area (Å²) in [4.78, 5) is 0. The molecule has 1 heterocycles. The summed E-state index contributed by atoms with van der Waals surface area (Å²) in [6.07, 6.45) is 0. The zero-order valence-corrected chi connectivity index (χ0v) is 23.3. The molecule has 7 aromatic rings. The molecule has 2 aliphatic carbocycles. The van der Waals surface area contributed by atoms with Crippen LogP contribution in [-0.4, -0.2) is 0 Å². The number of fused-ring (bicyclic) bond motifs is 14. The van der Waals surface area contributed by atoms with Gasteiger partial charge < -0.3 is 4.74 Å². The molecule has 0 fully saturated rings. The Hall–Kier alpha value is -5.40. The molecule has 0 saturated carbocycles. The number of para-hydroxylation sites is 1. The molecule has 1 nitrogen and oxygen atoms in total. The predicted octanol–water partition coefficient (Wildman–Crippen LogP) is 11.3. The average Bonchev–Trinajstić information content (AvgIpc) is 3.72. The Balaban J connectivity index is 1.35. The van der Waals surface area contributed by atoms with E-state index in [2.05, 4.69) is 0 Å². The van der Waals surface area contributed by atoms with E-state index in [1.54, 1.807) is 42.5 Å². The van der Waals surface area contributed by atoms with E-state index in [1.165, 1.54) is 6.07 Å². The van der Waals surface area contributed by atoms with Crippen LogP contribution in [0.15, 0.2) is 145 Å². The van der Waals surface area contributed by atoms with Crippen LogP contribution in [0.25, 0.3) is 44.2 Å². The lowest BCUT2D eigenvalue weighted by atomic mass is 9.70. The van der Waals surface area contributed by atoms with Crippen molar-refractivity contribution in [2.24, 2.45) is 0 Å². The fraction of sp³-hybridized carbons (Fsp3) is 0.0909. The van der Waals surface area contributed by atoms with Gasteiger partial charge in [0.05, 0.1) is 23.2 Å². The topological polar surface area (TPSA) is 9.23 Å². The van der Waals surface area contributed by atoms with Crippen LogP contribution in [0.2, 0.25) is 0 Å². The Morgan fingerprint density at radius 1 is 0.556 bits per heavy atom. The molecule has 0 saturated heterocycles. The summed E-state index contributed by atoms with van der Waals surface area (Å²) >= 11 is 0. The second kappa shape index (κ2) is 8.61. The summed E-state index contributed by atoms with van der Waals surface area (Å²) < 4.78 is 176. The molecule has 1 atom stereocenters. The van der Waals surface area contributed by atoms with E-state index in [4.69, 9.17) is 23.9 Å². The van der Waals surface area contributed by atoms with Crippen molar-refractivity contribution in [3.05, 3.63) is 179 Å². The van der Waals surface area contributed by atoms with Gasteiger partial charge in [-0.05, 0) is 90.6 Å². The van der Waals surface area contributed by atoms with Gasteiger partial charge in [-0.1, -0.05) is 135 Å². The molecule has 0 radical (unpaired) electrons. The van der Waals surface area contributed by atoms with Gasteiger partial charge in [0.25, 0.3) is 0 Å². The van der Waals surface area contributed by atoms with E-state index < -0.39 is 125 Å². The first-order chi connectivity index (χ1) is 30.0. The van der Waals surface area contributed by atoms with Gasteiger partial charge >= 0.3 is 0 Å². The Morgan fingerprint density at radius 2 is 1.29 bits per heavy atom. The summed E-state index contributed by atoms with van der Waals surface area (Å²) in [5.41, 5.74) is -2.96. The normalized spacial score (nSPS) is 24.1. The van der Waals surface area contributed by atoms with Gasteiger partial charge in [-0.2, -0.15) is 0 Å². The summed E-state index contributed by atoms with van der Waals surface area (Å²) in [6.45, 7) is -7.35. The average molecular weight is 594 g/mol. The minimum Gasteiger partial charge on any atom is -0.457 e. The summed E-state index contributed by atoms with van der Waals surface area (Å²) in [5.74, 6) is -1.68. The number of rotatable bonds is 1. The number of ether oxygens (including phenoxy) is 1. The van der Waals surface area contributed by atoms with Gasteiger partial charge in [-0.3, -0.25) is 0 Å². The van der Waals surface area contributed by atoms with Crippen LogP contribution < -0.4 is 4.74 Å². The summed E-state index contributed by atoms with van der Waals surface area (Å²) in [7, 11) is 0. The van der Waals surface area contributed by atoms with E-state index in [0.717, 1.165) is 0 Å². The van der Waals surface area contributed by atoms with Crippen LogP contribution in [0.1, 0.15) is 73.1 Å². The highest BCUT2D eigenvalue weighted by molar-refractivity contribution is 6.06. The van der Waals surface area contributed by atoms with Crippen molar-refractivity contribution in [2.45, 2.75) is 24.5 Å². The predicted molar refractivity (Wildman–Crippen MR) is 184 cm³/mol. The molecule has 1 heteroatoms. The van der Waals surface area contributed by atoms with Crippen LogP contribution >= 0.6 is 0 Å². The largest absolute Gasteiger partial charge is 0.457 e. The van der Waals surface area contributed by atoms with Crippen LogP contribution in [0.3, 0.4) is 0 Å². The number of hydrogen-bond acceptors (Lipinski definition) is 1. The molecule has 0 bridgehead atoms. The molecule has 1 spiro atoms. The van der Waals surface area contributed by atoms with E-state index in [9.17, 15) is 6.85 Å². The molecule has 45 heavy (non-hydrogen) atoms. The van der Waals surface area contributed by atoms with Gasteiger partial charge in [0.2, 0.25) is 0 Å². The van der Waals surface area contributed by atoms with E-state index in [-0.39, 0.29) is 27.9 Å². The Labute approximate surface area is 290 Å². The number of benzene rings is 7. The highest BCUT2D eigenvalue weighted by Gasteiger charge is 2.52. The lowest BCUT2D eigenvalue weighted by Crippen LogP contribution is -2.26. The molecule has 10 rings (SSSR count). The lowest BCUT2D eigenvalue weighted by molar-refractivity contribution is 0.418. The first-order valence-corrected chi connectivity index (χ1v) is 14.3. The maximum absolute atomic E-state index is 9.77. The SMILES string of the molecule is [2H]c1c([2H])c([2H])c2c(c1[2H])Oc1c([2H])c([2H])c(-c3ccc4c(c3)C3(c5ccccc5-4)c4ccccc4-c4c3c([2H])c([2H])c3c([2H])c([2H])c([2H])c([2H])c43)c([2H])c1C2(C([2H])([2H])[2H])C([2H])([2H])[2H]. The summed E-state index contributed by atoms with van der Waals surface area (Å²) in [6, 6.07) is 10.4. The third-order valence-corrected chi connectivity index (χ3v) is 9.19. The van der Waals surface area contributed by atoms with Crippen molar-refractivity contribution in [3.63, 3.8) is 0 Å². The fourth-order valence-corrected chi connectivity index (χ4v) is 7.36. The Bertz CT molecular complexity index is 3320. The first kappa shape index (κ1) is 12.9. The fourth-order valence-electron chi connectivity index (χ4n) is 7.36. The van der Waals surface area contributed by atoms with Gasteiger partial charge in [0.15, 0.2) is 0 Å². The number of hydrogen-bond donors (Lipinski definition) is 0. The molecular weight excluding hydrogens is 544 g/mol. The lowest BCUT2D eigenvalue weighted by Gasteiger charge is -2.35. The van der Waals surface area contributed by atoms with Crippen LogP contribution in [0, 0.1) is 0 Å². The Morgan fingerprint density at radius 3 is 2.18 bits per heavy atom. The third-order valence-electron chi connectivity index (χ3n) is 9.19. The van der Waals surface area contributed by atoms with Crippen LogP contribution in [-0.2, 0) is 10.8 Å². The highest BCUT2D eigenvalue weighted by Crippen LogP contribution is 2.64. The van der Waals surface area contributed by atoms with Crippen molar-refractivity contribution in [2.75, 3.05) is 0 Å². The van der Waals surface area contributed by atoms with Crippen LogP contribution in [0.4, 0.5) is 0 Å². The van der Waals surface area contributed by atoms with Crippen molar-refractivity contribution in [1.82, 2.24) is 0 Å². The van der Waals surface area contributed by atoms with E-state index >= 15 is 0 Å². The van der Waals surface area contributed by atoms with Gasteiger partial charge in [-0.25, -0.2) is 0 Å². The zero-order chi connectivity index (χ0) is 46.2. The van der Waals surface area contributed by atoms with Crippen molar-refractivity contribution >= 4 is 10.8 Å². The Kier molecular flexibility index (Phi) is 2.47. The minimum absolute atomic E-state index is 0.0363. The quantitative estimate of drug-likeness (QED) is 0.184. The summed E-state index contributed by atoms with van der Waals surface area (Å²) in [5, 5.41) is -0.0787. The molecule has 1 aliphatic heterocycles.